The van der Waals surface area contributed by atoms with Crippen molar-refractivity contribution in [3.63, 3.8) is 0 Å². The van der Waals surface area contributed by atoms with E-state index >= 15 is 0 Å². The lowest BCUT2D eigenvalue weighted by Crippen LogP contribution is -2.07. The van der Waals surface area contributed by atoms with Gasteiger partial charge in [-0.1, -0.05) is 12.1 Å². The Morgan fingerprint density at radius 2 is 2.25 bits per heavy atom. The highest BCUT2D eigenvalue weighted by Gasteiger charge is 2.03. The number of hydrogen-bond donors (Lipinski definition) is 0. The van der Waals surface area contributed by atoms with Gasteiger partial charge < -0.3 is 4.74 Å². The summed E-state index contributed by atoms with van der Waals surface area (Å²) in [6.07, 6.45) is 1.55. The fraction of sp³-hybridized carbons (Fsp3) is 0.333. The van der Waals surface area contributed by atoms with Crippen molar-refractivity contribution < 1.29 is 4.74 Å². The van der Waals surface area contributed by atoms with Gasteiger partial charge >= 0.3 is 0 Å². The van der Waals surface area contributed by atoms with E-state index < -0.39 is 0 Å². The molecule has 0 atom stereocenters. The molecule has 84 valence electrons. The monoisotopic (exact) mass is 217 g/mol. The van der Waals surface area contributed by atoms with E-state index in [0.717, 1.165) is 18.1 Å². The molecule has 0 saturated heterocycles. The standard InChI is InChI=1S/C12H15N3O/c1-3-15-12(13-9-14-15)8-16-11-6-4-5-10(2)7-11/h4-7,9H,3,8H2,1-2H3. The van der Waals surface area contributed by atoms with E-state index in [0.29, 0.717) is 6.61 Å². The Bertz CT molecular complexity index is 465. The molecule has 2 aromatic rings. The van der Waals surface area contributed by atoms with Gasteiger partial charge in [-0.15, -0.1) is 0 Å². The predicted molar refractivity (Wildman–Crippen MR) is 61.2 cm³/mol. The summed E-state index contributed by atoms with van der Waals surface area (Å²) in [4.78, 5) is 4.15. The number of aryl methyl sites for hydroxylation is 2. The molecule has 0 amide bonds. The molecule has 0 aliphatic carbocycles. The van der Waals surface area contributed by atoms with Gasteiger partial charge in [0.25, 0.3) is 0 Å². The lowest BCUT2D eigenvalue weighted by Gasteiger charge is -2.06. The Morgan fingerprint density at radius 1 is 1.38 bits per heavy atom. The maximum atomic E-state index is 5.65. The van der Waals surface area contributed by atoms with Crippen LogP contribution < -0.4 is 4.74 Å². The first-order chi connectivity index (χ1) is 7.79. The van der Waals surface area contributed by atoms with Crippen LogP contribution in [0.1, 0.15) is 18.3 Å². The lowest BCUT2D eigenvalue weighted by atomic mass is 10.2. The molecule has 2 rings (SSSR count). The SMILES string of the molecule is CCn1ncnc1COc1cccc(C)c1. The van der Waals surface area contributed by atoms with Gasteiger partial charge in [-0.3, -0.25) is 0 Å². The molecule has 0 saturated carbocycles. The largest absolute Gasteiger partial charge is 0.486 e. The van der Waals surface area contributed by atoms with Gasteiger partial charge in [0.15, 0.2) is 5.82 Å². The van der Waals surface area contributed by atoms with Gasteiger partial charge in [-0.25, -0.2) is 9.67 Å². The van der Waals surface area contributed by atoms with E-state index in [1.54, 1.807) is 6.33 Å². The van der Waals surface area contributed by atoms with Crippen LogP contribution in [-0.4, -0.2) is 14.8 Å². The molecule has 1 heterocycles. The normalized spacial score (nSPS) is 10.4. The van der Waals surface area contributed by atoms with Gasteiger partial charge in [-0.2, -0.15) is 5.10 Å². The van der Waals surface area contributed by atoms with Gasteiger partial charge in [0.2, 0.25) is 0 Å². The molecule has 4 heteroatoms. The number of hydrogen-bond acceptors (Lipinski definition) is 3. The van der Waals surface area contributed by atoms with Crippen LogP contribution in [0.3, 0.4) is 0 Å². The van der Waals surface area contributed by atoms with Crippen LogP contribution in [0.2, 0.25) is 0 Å². The number of ether oxygens (including phenoxy) is 1. The van der Waals surface area contributed by atoms with Crippen molar-refractivity contribution in [2.75, 3.05) is 0 Å². The van der Waals surface area contributed by atoms with Gasteiger partial charge in [0.1, 0.15) is 18.7 Å². The zero-order valence-corrected chi connectivity index (χ0v) is 9.55. The van der Waals surface area contributed by atoms with Crippen LogP contribution in [0, 0.1) is 6.92 Å². The average molecular weight is 217 g/mol. The fourth-order valence-corrected chi connectivity index (χ4v) is 1.52. The zero-order valence-electron chi connectivity index (χ0n) is 9.55. The summed E-state index contributed by atoms with van der Waals surface area (Å²) >= 11 is 0. The minimum absolute atomic E-state index is 0.456. The highest BCUT2D eigenvalue weighted by atomic mass is 16.5. The molecule has 4 nitrogen and oxygen atoms in total. The van der Waals surface area contributed by atoms with E-state index in [9.17, 15) is 0 Å². The summed E-state index contributed by atoms with van der Waals surface area (Å²) < 4.78 is 7.48. The number of aromatic nitrogens is 3. The van der Waals surface area contributed by atoms with E-state index in [-0.39, 0.29) is 0 Å². The van der Waals surface area contributed by atoms with Crippen LogP contribution >= 0.6 is 0 Å². The first kappa shape index (κ1) is 10.7. The van der Waals surface area contributed by atoms with Crippen molar-refractivity contribution >= 4 is 0 Å². The van der Waals surface area contributed by atoms with Crippen molar-refractivity contribution in [1.82, 2.24) is 14.8 Å². The van der Waals surface area contributed by atoms with Gasteiger partial charge in [-0.05, 0) is 31.5 Å². The van der Waals surface area contributed by atoms with E-state index in [1.165, 1.54) is 5.56 Å². The van der Waals surface area contributed by atoms with Crippen LogP contribution in [0.4, 0.5) is 0 Å². The maximum absolute atomic E-state index is 5.65. The first-order valence-electron chi connectivity index (χ1n) is 5.35. The quantitative estimate of drug-likeness (QED) is 0.788. The average Bonchev–Trinajstić information content (AvgIpc) is 2.74. The van der Waals surface area contributed by atoms with Crippen molar-refractivity contribution in [2.24, 2.45) is 0 Å². The Labute approximate surface area is 94.9 Å². The van der Waals surface area contributed by atoms with Crippen LogP contribution in [0.25, 0.3) is 0 Å². The third kappa shape index (κ3) is 2.39. The van der Waals surface area contributed by atoms with Crippen molar-refractivity contribution in [2.45, 2.75) is 27.0 Å². The van der Waals surface area contributed by atoms with Gasteiger partial charge in [0.05, 0.1) is 0 Å². The second-order valence-corrected chi connectivity index (χ2v) is 3.60. The minimum Gasteiger partial charge on any atom is -0.486 e. The van der Waals surface area contributed by atoms with Crippen LogP contribution in [0.15, 0.2) is 30.6 Å². The molecule has 0 aliphatic heterocycles. The molecule has 0 aliphatic rings. The van der Waals surface area contributed by atoms with Crippen molar-refractivity contribution in [1.29, 1.82) is 0 Å². The predicted octanol–water partition coefficient (Wildman–Crippen LogP) is 2.19. The summed E-state index contributed by atoms with van der Waals surface area (Å²) in [5.41, 5.74) is 1.19. The van der Waals surface area contributed by atoms with Crippen LogP contribution in [-0.2, 0) is 13.2 Å². The third-order valence-corrected chi connectivity index (χ3v) is 2.35. The topological polar surface area (TPSA) is 39.9 Å². The second-order valence-electron chi connectivity index (χ2n) is 3.60. The molecule has 0 unspecified atom stereocenters. The summed E-state index contributed by atoms with van der Waals surface area (Å²) in [6.45, 7) is 5.34. The number of benzene rings is 1. The molecular weight excluding hydrogens is 202 g/mol. The third-order valence-electron chi connectivity index (χ3n) is 2.35. The van der Waals surface area contributed by atoms with Gasteiger partial charge in [0, 0.05) is 6.54 Å². The molecule has 1 aromatic carbocycles. The maximum Gasteiger partial charge on any atom is 0.164 e. The molecule has 1 aromatic heterocycles. The summed E-state index contributed by atoms with van der Waals surface area (Å²) in [6, 6.07) is 7.98. The molecule has 0 radical (unpaired) electrons. The fourth-order valence-electron chi connectivity index (χ4n) is 1.52. The smallest absolute Gasteiger partial charge is 0.164 e. The lowest BCUT2D eigenvalue weighted by molar-refractivity contribution is 0.287. The Hall–Kier alpha value is -1.84. The molecular formula is C12H15N3O. The number of rotatable bonds is 4. The van der Waals surface area contributed by atoms with E-state index in [2.05, 4.69) is 10.1 Å². The Kier molecular flexibility index (Phi) is 3.19. The van der Waals surface area contributed by atoms with Crippen molar-refractivity contribution in [3.8, 4) is 5.75 Å². The Morgan fingerprint density at radius 3 is 3.00 bits per heavy atom. The highest BCUT2D eigenvalue weighted by Crippen LogP contribution is 2.13. The zero-order chi connectivity index (χ0) is 11.4. The summed E-state index contributed by atoms with van der Waals surface area (Å²) in [7, 11) is 0. The minimum atomic E-state index is 0.456. The molecule has 0 spiro atoms. The second kappa shape index (κ2) is 4.79. The molecule has 0 N–H and O–H groups in total. The molecule has 0 bridgehead atoms. The van der Waals surface area contributed by atoms with E-state index in [1.807, 2.05) is 42.8 Å². The van der Waals surface area contributed by atoms with E-state index in [4.69, 9.17) is 4.74 Å². The summed E-state index contributed by atoms with van der Waals surface area (Å²) in [5, 5.41) is 4.09. The van der Waals surface area contributed by atoms with Crippen molar-refractivity contribution in [3.05, 3.63) is 42.0 Å². The molecule has 0 fully saturated rings. The Balaban J connectivity index is 2.02. The first-order valence-corrected chi connectivity index (χ1v) is 5.35. The number of nitrogens with zero attached hydrogens (tertiary/aromatic N) is 3. The molecule has 16 heavy (non-hydrogen) atoms. The summed E-state index contributed by atoms with van der Waals surface area (Å²) in [5.74, 6) is 1.72. The highest BCUT2D eigenvalue weighted by molar-refractivity contribution is 5.27. The van der Waals surface area contributed by atoms with Crippen LogP contribution in [0.5, 0.6) is 5.75 Å².